The van der Waals surface area contributed by atoms with Crippen LogP contribution in [0.25, 0.3) is 0 Å². The van der Waals surface area contributed by atoms with Crippen molar-refractivity contribution in [2.75, 3.05) is 6.54 Å². The van der Waals surface area contributed by atoms with E-state index in [0.29, 0.717) is 16.3 Å². The fraction of sp³-hybridized carbons (Fsp3) is 0.400. The van der Waals surface area contributed by atoms with E-state index >= 15 is 0 Å². The van der Waals surface area contributed by atoms with Gasteiger partial charge in [-0.1, -0.05) is 36.7 Å². The third kappa shape index (κ3) is 4.27. The lowest BCUT2D eigenvalue weighted by molar-refractivity contribution is -0.122. The molecule has 124 valence electrons. The summed E-state index contributed by atoms with van der Waals surface area (Å²) in [5.41, 5.74) is 5.78. The van der Waals surface area contributed by atoms with Gasteiger partial charge in [-0.05, 0) is 12.1 Å². The molecule has 0 saturated carbocycles. The van der Waals surface area contributed by atoms with E-state index in [9.17, 15) is 9.18 Å². The predicted octanol–water partition coefficient (Wildman–Crippen LogP) is 1.62. The molecule has 2 aromatic rings. The highest BCUT2D eigenvalue weighted by Gasteiger charge is 2.27. The standard InChI is InChI=1S/C15H19ClFN5O/c1-15(2,14-11(16)4-3-5-12(14)17)9-19-13(23)8-22-7-10(6-18)20-21-22/h3-5,7H,6,8-9,18H2,1-2H3,(H,19,23). The van der Waals surface area contributed by atoms with E-state index in [4.69, 9.17) is 17.3 Å². The number of hydrogen-bond acceptors (Lipinski definition) is 4. The molecule has 0 aliphatic carbocycles. The second-order valence-electron chi connectivity index (χ2n) is 5.87. The lowest BCUT2D eigenvalue weighted by Crippen LogP contribution is -2.39. The first-order valence-corrected chi connectivity index (χ1v) is 7.51. The number of nitrogens with zero attached hydrogens (tertiary/aromatic N) is 3. The highest BCUT2D eigenvalue weighted by molar-refractivity contribution is 6.31. The summed E-state index contributed by atoms with van der Waals surface area (Å²) in [5.74, 6) is -0.639. The van der Waals surface area contributed by atoms with Crippen LogP contribution < -0.4 is 11.1 Å². The molecule has 0 fully saturated rings. The summed E-state index contributed by atoms with van der Waals surface area (Å²) in [5, 5.41) is 10.7. The first kappa shape index (κ1) is 17.4. The van der Waals surface area contributed by atoms with Crippen LogP contribution in [0.1, 0.15) is 25.1 Å². The zero-order chi connectivity index (χ0) is 17.0. The smallest absolute Gasteiger partial charge is 0.241 e. The maximum absolute atomic E-state index is 14.0. The van der Waals surface area contributed by atoms with Gasteiger partial charge in [0.25, 0.3) is 0 Å². The highest BCUT2D eigenvalue weighted by atomic mass is 35.5. The normalized spacial score (nSPS) is 11.5. The van der Waals surface area contributed by atoms with E-state index < -0.39 is 5.41 Å². The Bertz CT molecular complexity index is 681. The first-order valence-electron chi connectivity index (χ1n) is 7.14. The van der Waals surface area contributed by atoms with Crippen molar-refractivity contribution in [2.45, 2.75) is 32.4 Å². The Kier molecular flexibility index (Phi) is 5.33. The highest BCUT2D eigenvalue weighted by Crippen LogP contribution is 2.31. The van der Waals surface area contributed by atoms with Crippen molar-refractivity contribution in [1.82, 2.24) is 20.3 Å². The van der Waals surface area contributed by atoms with Gasteiger partial charge in [-0.25, -0.2) is 9.07 Å². The molecule has 1 aromatic heterocycles. The molecule has 6 nitrogen and oxygen atoms in total. The van der Waals surface area contributed by atoms with Crippen LogP contribution in [0, 0.1) is 5.82 Å². The fourth-order valence-electron chi connectivity index (χ4n) is 2.26. The number of halogens is 2. The molecule has 0 bridgehead atoms. The number of aromatic nitrogens is 3. The van der Waals surface area contributed by atoms with Crippen LogP contribution in [0.4, 0.5) is 4.39 Å². The quantitative estimate of drug-likeness (QED) is 0.837. The third-order valence-corrected chi connectivity index (χ3v) is 3.78. The SMILES string of the molecule is CC(C)(CNC(=O)Cn1cc(CN)nn1)c1c(F)cccc1Cl. The summed E-state index contributed by atoms with van der Waals surface area (Å²) in [6.07, 6.45) is 1.61. The van der Waals surface area contributed by atoms with Crippen LogP contribution in [-0.4, -0.2) is 27.4 Å². The van der Waals surface area contributed by atoms with Gasteiger partial charge in [0.05, 0.1) is 11.9 Å². The Morgan fingerprint density at radius 3 is 2.83 bits per heavy atom. The second kappa shape index (κ2) is 7.06. The zero-order valence-corrected chi connectivity index (χ0v) is 13.8. The van der Waals surface area contributed by atoms with Gasteiger partial charge in [-0.2, -0.15) is 0 Å². The Labute approximate surface area is 138 Å². The van der Waals surface area contributed by atoms with Crippen LogP contribution >= 0.6 is 11.6 Å². The number of carbonyl (C=O) groups is 1. The molecule has 0 atom stereocenters. The van der Waals surface area contributed by atoms with Gasteiger partial charge in [-0.15, -0.1) is 5.10 Å². The molecular formula is C15H19ClFN5O. The number of nitrogens with two attached hydrogens (primary N) is 1. The van der Waals surface area contributed by atoms with Crippen LogP contribution in [0.5, 0.6) is 0 Å². The molecule has 8 heteroatoms. The molecule has 0 saturated heterocycles. The van der Waals surface area contributed by atoms with Gasteiger partial charge < -0.3 is 11.1 Å². The van der Waals surface area contributed by atoms with Crippen LogP contribution in [0.2, 0.25) is 5.02 Å². The van der Waals surface area contributed by atoms with E-state index in [2.05, 4.69) is 15.6 Å². The Morgan fingerprint density at radius 2 is 2.22 bits per heavy atom. The van der Waals surface area contributed by atoms with E-state index in [1.165, 1.54) is 10.7 Å². The number of amides is 1. The maximum Gasteiger partial charge on any atom is 0.241 e. The topological polar surface area (TPSA) is 85.8 Å². The van der Waals surface area contributed by atoms with Crippen molar-refractivity contribution in [2.24, 2.45) is 5.73 Å². The van der Waals surface area contributed by atoms with E-state index in [1.54, 1.807) is 18.3 Å². The largest absolute Gasteiger partial charge is 0.354 e. The number of rotatable bonds is 6. The number of carbonyl (C=O) groups excluding carboxylic acids is 1. The van der Waals surface area contributed by atoms with Crippen molar-refractivity contribution < 1.29 is 9.18 Å². The summed E-state index contributed by atoms with van der Waals surface area (Å²) >= 11 is 6.09. The Balaban J connectivity index is 1.99. The average molecular weight is 340 g/mol. The second-order valence-corrected chi connectivity index (χ2v) is 6.28. The molecule has 1 heterocycles. The number of nitrogens with one attached hydrogen (secondary N) is 1. The lowest BCUT2D eigenvalue weighted by atomic mass is 9.84. The van der Waals surface area contributed by atoms with Crippen molar-refractivity contribution in [3.05, 3.63) is 46.5 Å². The molecule has 0 spiro atoms. The predicted molar refractivity (Wildman–Crippen MR) is 85.4 cm³/mol. The van der Waals surface area contributed by atoms with Gasteiger partial charge in [0.1, 0.15) is 12.4 Å². The van der Waals surface area contributed by atoms with E-state index in [-0.39, 0.29) is 31.4 Å². The van der Waals surface area contributed by atoms with E-state index in [1.807, 2.05) is 13.8 Å². The number of benzene rings is 1. The summed E-state index contributed by atoms with van der Waals surface area (Å²) < 4.78 is 15.4. The molecular weight excluding hydrogens is 321 g/mol. The number of hydrogen-bond donors (Lipinski definition) is 2. The van der Waals surface area contributed by atoms with Gasteiger partial charge in [0.2, 0.25) is 5.91 Å². The minimum Gasteiger partial charge on any atom is -0.354 e. The Morgan fingerprint density at radius 1 is 1.48 bits per heavy atom. The van der Waals surface area contributed by atoms with Crippen LogP contribution in [-0.2, 0) is 23.3 Å². The van der Waals surface area contributed by atoms with Crippen LogP contribution in [0.3, 0.4) is 0 Å². The molecule has 1 aromatic carbocycles. The average Bonchev–Trinajstić information content (AvgIpc) is 2.92. The summed E-state index contributed by atoms with van der Waals surface area (Å²) in [7, 11) is 0. The Hall–Kier alpha value is -1.99. The maximum atomic E-state index is 14.0. The van der Waals surface area contributed by atoms with Gasteiger partial charge >= 0.3 is 0 Å². The molecule has 0 aliphatic heterocycles. The summed E-state index contributed by atoms with van der Waals surface area (Å²) in [4.78, 5) is 12.0. The molecule has 0 radical (unpaired) electrons. The monoisotopic (exact) mass is 339 g/mol. The molecule has 0 aliphatic rings. The minimum absolute atomic E-state index is 0.0219. The van der Waals surface area contributed by atoms with Crippen molar-refractivity contribution >= 4 is 17.5 Å². The summed E-state index contributed by atoms with van der Waals surface area (Å²) in [6, 6.07) is 4.54. The molecule has 0 unspecified atom stereocenters. The molecule has 2 rings (SSSR count). The molecule has 23 heavy (non-hydrogen) atoms. The van der Waals surface area contributed by atoms with Gasteiger partial charge in [0, 0.05) is 29.1 Å². The van der Waals surface area contributed by atoms with Gasteiger partial charge in [0.15, 0.2) is 0 Å². The minimum atomic E-state index is -0.650. The molecule has 3 N–H and O–H groups in total. The first-order chi connectivity index (χ1) is 10.8. The zero-order valence-electron chi connectivity index (χ0n) is 13.0. The third-order valence-electron chi connectivity index (χ3n) is 3.47. The van der Waals surface area contributed by atoms with Crippen molar-refractivity contribution in [3.63, 3.8) is 0 Å². The van der Waals surface area contributed by atoms with Gasteiger partial charge in [-0.3, -0.25) is 4.79 Å². The fourth-order valence-corrected chi connectivity index (χ4v) is 2.68. The summed E-state index contributed by atoms with van der Waals surface area (Å²) in [6.45, 7) is 4.17. The van der Waals surface area contributed by atoms with Crippen molar-refractivity contribution in [3.8, 4) is 0 Å². The van der Waals surface area contributed by atoms with Crippen LogP contribution in [0.15, 0.2) is 24.4 Å². The molecule has 1 amide bonds. The van der Waals surface area contributed by atoms with Crippen molar-refractivity contribution in [1.29, 1.82) is 0 Å². The lowest BCUT2D eigenvalue weighted by Gasteiger charge is -2.27. The van der Waals surface area contributed by atoms with E-state index in [0.717, 1.165) is 0 Å².